The van der Waals surface area contributed by atoms with E-state index in [4.69, 9.17) is 23.2 Å². The van der Waals surface area contributed by atoms with Crippen molar-refractivity contribution in [1.29, 1.82) is 0 Å². The Hall–Kier alpha value is -2.14. The third-order valence-corrected chi connectivity index (χ3v) is 5.29. The van der Waals surface area contributed by atoms with Crippen molar-refractivity contribution >= 4 is 50.6 Å². The normalized spacial score (nSPS) is 11.0. The maximum atomic E-state index is 6.01. The molecule has 0 saturated carbocycles. The molecule has 1 N–H and O–H groups in total. The van der Waals surface area contributed by atoms with Gasteiger partial charge < -0.3 is 5.32 Å². The largest absolute Gasteiger partial charge is 0.365 e. The van der Waals surface area contributed by atoms with Gasteiger partial charge in [0.05, 0.1) is 5.39 Å². The number of aromatic nitrogens is 2. The summed E-state index contributed by atoms with van der Waals surface area (Å²) in [7, 11) is 0. The van der Waals surface area contributed by atoms with Crippen LogP contribution in [0.3, 0.4) is 0 Å². The fourth-order valence-corrected chi connectivity index (χ4v) is 3.81. The van der Waals surface area contributed by atoms with E-state index in [0.29, 0.717) is 6.54 Å². The van der Waals surface area contributed by atoms with Gasteiger partial charge in [-0.15, -0.1) is 11.3 Å². The zero-order valence-electron chi connectivity index (χ0n) is 13.0. The van der Waals surface area contributed by atoms with E-state index in [0.717, 1.165) is 42.8 Å². The third-order valence-electron chi connectivity index (χ3n) is 3.90. The minimum atomic E-state index is 0.666. The first kappa shape index (κ1) is 16.3. The maximum Gasteiger partial charge on any atom is 0.139 e. The Balaban J connectivity index is 1.70. The van der Waals surface area contributed by atoms with Crippen molar-refractivity contribution in [2.45, 2.75) is 6.54 Å². The zero-order valence-corrected chi connectivity index (χ0v) is 15.4. The van der Waals surface area contributed by atoms with Crippen molar-refractivity contribution in [3.63, 3.8) is 0 Å². The lowest BCUT2D eigenvalue weighted by Gasteiger charge is -2.09. The Bertz CT molecular complexity index is 1010. The molecule has 0 amide bonds. The van der Waals surface area contributed by atoms with Crippen LogP contribution in [0.2, 0.25) is 10.0 Å². The van der Waals surface area contributed by atoms with E-state index in [1.54, 1.807) is 17.7 Å². The fraction of sp³-hybridized carbons (Fsp3) is 0.0526. The minimum Gasteiger partial charge on any atom is -0.365 e. The molecule has 2 aromatic carbocycles. The molecule has 0 radical (unpaired) electrons. The smallest absolute Gasteiger partial charge is 0.139 e. The van der Waals surface area contributed by atoms with Crippen LogP contribution in [0.15, 0.2) is 60.2 Å². The number of rotatable bonds is 4. The third kappa shape index (κ3) is 3.47. The molecule has 0 unspecified atom stereocenters. The first-order valence-electron chi connectivity index (χ1n) is 7.67. The summed E-state index contributed by atoms with van der Waals surface area (Å²) in [6, 6.07) is 15.6. The predicted octanol–water partition coefficient (Wildman–Crippen LogP) is 6.28. The Morgan fingerprint density at radius 2 is 1.56 bits per heavy atom. The Morgan fingerprint density at radius 3 is 2.28 bits per heavy atom. The second kappa shape index (κ2) is 7.00. The molecule has 0 bridgehead atoms. The number of thiophene rings is 1. The van der Waals surface area contributed by atoms with Crippen molar-refractivity contribution < 1.29 is 0 Å². The van der Waals surface area contributed by atoms with Gasteiger partial charge in [-0.3, -0.25) is 0 Å². The Morgan fingerprint density at radius 1 is 0.880 bits per heavy atom. The topological polar surface area (TPSA) is 37.8 Å². The quantitative estimate of drug-likeness (QED) is 0.449. The lowest BCUT2D eigenvalue weighted by Crippen LogP contribution is -2.02. The minimum absolute atomic E-state index is 0.666. The van der Waals surface area contributed by atoms with Crippen LogP contribution in [-0.4, -0.2) is 9.97 Å². The van der Waals surface area contributed by atoms with Gasteiger partial charge in [0, 0.05) is 27.5 Å². The van der Waals surface area contributed by atoms with E-state index in [1.807, 2.05) is 48.5 Å². The van der Waals surface area contributed by atoms with Crippen molar-refractivity contribution in [3.05, 3.63) is 75.8 Å². The van der Waals surface area contributed by atoms with Gasteiger partial charge in [-0.1, -0.05) is 47.5 Å². The van der Waals surface area contributed by atoms with Crippen LogP contribution in [0, 0.1) is 0 Å². The highest BCUT2D eigenvalue weighted by Gasteiger charge is 2.13. The summed E-state index contributed by atoms with van der Waals surface area (Å²) < 4.78 is 0. The van der Waals surface area contributed by atoms with Crippen LogP contribution in [0.5, 0.6) is 0 Å². The van der Waals surface area contributed by atoms with E-state index in [2.05, 4.69) is 20.7 Å². The molecule has 2 heterocycles. The first-order valence-corrected chi connectivity index (χ1v) is 9.31. The highest BCUT2D eigenvalue weighted by Crippen LogP contribution is 2.36. The van der Waals surface area contributed by atoms with E-state index in [9.17, 15) is 0 Å². The second-order valence-electron chi connectivity index (χ2n) is 5.54. The van der Waals surface area contributed by atoms with Gasteiger partial charge in [-0.2, -0.15) is 0 Å². The highest BCUT2D eigenvalue weighted by molar-refractivity contribution is 7.17. The number of nitrogens with zero attached hydrogens (tertiary/aromatic N) is 2. The molecule has 0 fully saturated rings. The first-order chi connectivity index (χ1) is 12.2. The van der Waals surface area contributed by atoms with Crippen molar-refractivity contribution in [2.75, 3.05) is 5.32 Å². The number of halogens is 2. The summed E-state index contributed by atoms with van der Waals surface area (Å²) in [5, 5.41) is 8.01. The molecule has 2 aromatic heterocycles. The number of nitrogens with one attached hydrogen (secondary N) is 1. The van der Waals surface area contributed by atoms with Gasteiger partial charge in [0.15, 0.2) is 0 Å². The molecule has 0 aliphatic carbocycles. The summed E-state index contributed by atoms with van der Waals surface area (Å²) in [6.07, 6.45) is 1.59. The summed E-state index contributed by atoms with van der Waals surface area (Å²) in [4.78, 5) is 9.80. The van der Waals surface area contributed by atoms with Crippen LogP contribution >= 0.6 is 34.5 Å². The number of benzene rings is 2. The number of hydrogen-bond acceptors (Lipinski definition) is 4. The van der Waals surface area contributed by atoms with Crippen molar-refractivity contribution in [2.24, 2.45) is 0 Å². The molecule has 0 atom stereocenters. The fourth-order valence-electron chi connectivity index (χ4n) is 2.64. The van der Waals surface area contributed by atoms with Crippen LogP contribution in [0.25, 0.3) is 21.3 Å². The Kier molecular flexibility index (Phi) is 4.57. The molecule has 4 aromatic rings. The summed E-state index contributed by atoms with van der Waals surface area (Å²) in [5.74, 6) is 0.825. The van der Waals surface area contributed by atoms with Gasteiger partial charge >= 0.3 is 0 Å². The maximum absolute atomic E-state index is 6.01. The van der Waals surface area contributed by atoms with E-state index < -0.39 is 0 Å². The molecule has 0 saturated heterocycles. The summed E-state index contributed by atoms with van der Waals surface area (Å²) in [5.41, 5.74) is 3.34. The Labute approximate surface area is 159 Å². The molecule has 6 heteroatoms. The number of fused-ring (bicyclic) bond motifs is 1. The molecule has 124 valence electrons. The van der Waals surface area contributed by atoms with E-state index in [1.165, 1.54) is 0 Å². The molecular weight excluding hydrogens is 373 g/mol. The SMILES string of the molecule is Clc1ccc(CNc2ncnc3scc(-c4ccc(Cl)cc4)c23)cc1. The van der Waals surface area contributed by atoms with Crippen molar-refractivity contribution in [1.82, 2.24) is 9.97 Å². The molecule has 25 heavy (non-hydrogen) atoms. The van der Waals surface area contributed by atoms with Gasteiger partial charge in [-0.25, -0.2) is 9.97 Å². The van der Waals surface area contributed by atoms with Gasteiger partial charge in [-0.05, 0) is 35.4 Å². The van der Waals surface area contributed by atoms with Crippen LogP contribution < -0.4 is 5.32 Å². The monoisotopic (exact) mass is 385 g/mol. The van der Waals surface area contributed by atoms with Gasteiger partial charge in [0.25, 0.3) is 0 Å². The summed E-state index contributed by atoms with van der Waals surface area (Å²) in [6.45, 7) is 0.666. The average Bonchev–Trinajstić information content (AvgIpc) is 3.07. The molecule has 0 spiro atoms. The van der Waals surface area contributed by atoms with Crippen LogP contribution in [-0.2, 0) is 6.54 Å². The summed E-state index contributed by atoms with van der Waals surface area (Å²) >= 11 is 13.6. The van der Waals surface area contributed by atoms with Crippen LogP contribution in [0.1, 0.15) is 5.56 Å². The molecule has 0 aliphatic heterocycles. The predicted molar refractivity (Wildman–Crippen MR) is 107 cm³/mol. The lowest BCUT2D eigenvalue weighted by molar-refractivity contribution is 1.11. The second-order valence-corrected chi connectivity index (χ2v) is 7.27. The van der Waals surface area contributed by atoms with Crippen molar-refractivity contribution in [3.8, 4) is 11.1 Å². The van der Waals surface area contributed by atoms with Gasteiger partial charge in [0.1, 0.15) is 17.0 Å². The molecule has 0 aliphatic rings. The molecule has 4 rings (SSSR count). The standard InChI is InChI=1S/C19H13Cl2N3S/c20-14-5-1-12(2-6-14)9-22-18-17-16(10-25-19(17)24-11-23-18)13-3-7-15(21)8-4-13/h1-8,10-11H,9H2,(H,22,23,24). The zero-order chi connectivity index (χ0) is 17.2. The van der Waals surface area contributed by atoms with E-state index >= 15 is 0 Å². The van der Waals surface area contributed by atoms with Crippen LogP contribution in [0.4, 0.5) is 5.82 Å². The van der Waals surface area contributed by atoms with E-state index in [-0.39, 0.29) is 0 Å². The highest BCUT2D eigenvalue weighted by atomic mass is 35.5. The number of anilines is 1. The average molecular weight is 386 g/mol. The molecular formula is C19H13Cl2N3S. The lowest BCUT2D eigenvalue weighted by atomic mass is 10.1. The van der Waals surface area contributed by atoms with Gasteiger partial charge in [0.2, 0.25) is 0 Å². The molecule has 3 nitrogen and oxygen atoms in total. The number of hydrogen-bond donors (Lipinski definition) is 1.